The highest BCUT2D eigenvalue weighted by molar-refractivity contribution is 5.87. The third-order valence-corrected chi connectivity index (χ3v) is 5.27. The summed E-state index contributed by atoms with van der Waals surface area (Å²) in [5, 5.41) is 12.7. The van der Waals surface area contributed by atoms with Gasteiger partial charge in [0.15, 0.2) is 6.10 Å². The molecule has 152 valence electrons. The summed E-state index contributed by atoms with van der Waals surface area (Å²) in [6.07, 6.45) is -0.297. The summed E-state index contributed by atoms with van der Waals surface area (Å²) in [6.45, 7) is 10.5. The molecule has 0 aliphatic carbocycles. The van der Waals surface area contributed by atoms with Crippen molar-refractivity contribution < 1.29 is 23.8 Å². The van der Waals surface area contributed by atoms with Gasteiger partial charge in [-0.15, -0.1) is 0 Å². The van der Waals surface area contributed by atoms with Crippen molar-refractivity contribution in [3.8, 4) is 5.75 Å². The smallest absolute Gasteiger partial charge is 0.339 e. The SMILES string of the molecule is CC[C@@H](C)[C@H](NC(=O)[C@@H](C)Oc1ccc2c(C)c(C)c(=O)oc2c1C)C(=O)O. The molecule has 0 saturated heterocycles. The number of ether oxygens (including phenoxy) is 1. The van der Waals surface area contributed by atoms with Gasteiger partial charge in [-0.25, -0.2) is 9.59 Å². The Bertz CT molecular complexity index is 962. The molecular formula is C21H27NO6. The minimum Gasteiger partial charge on any atom is -0.480 e. The Balaban J connectivity index is 2.27. The second kappa shape index (κ2) is 8.46. The maximum Gasteiger partial charge on any atom is 0.339 e. The number of aliphatic carboxylic acids is 1. The van der Waals surface area contributed by atoms with Crippen molar-refractivity contribution in [2.45, 2.75) is 60.1 Å². The monoisotopic (exact) mass is 389 g/mol. The highest BCUT2D eigenvalue weighted by Gasteiger charge is 2.28. The van der Waals surface area contributed by atoms with Gasteiger partial charge in [-0.05, 0) is 51.3 Å². The van der Waals surface area contributed by atoms with Crippen LogP contribution in [-0.2, 0) is 9.59 Å². The van der Waals surface area contributed by atoms with Crippen molar-refractivity contribution in [2.75, 3.05) is 0 Å². The molecule has 2 aromatic rings. The lowest BCUT2D eigenvalue weighted by atomic mass is 9.99. The fraction of sp³-hybridized carbons (Fsp3) is 0.476. The number of nitrogens with one attached hydrogen (secondary N) is 1. The number of carbonyl (C=O) groups excluding carboxylic acids is 1. The summed E-state index contributed by atoms with van der Waals surface area (Å²) in [4.78, 5) is 35.8. The maximum absolute atomic E-state index is 12.4. The van der Waals surface area contributed by atoms with E-state index < -0.39 is 29.6 Å². The molecule has 0 fully saturated rings. The highest BCUT2D eigenvalue weighted by atomic mass is 16.5. The zero-order valence-corrected chi connectivity index (χ0v) is 17.1. The Hall–Kier alpha value is -2.83. The zero-order valence-electron chi connectivity index (χ0n) is 17.1. The molecule has 0 radical (unpaired) electrons. The maximum atomic E-state index is 12.4. The molecule has 1 amide bonds. The Morgan fingerprint density at radius 3 is 2.36 bits per heavy atom. The summed E-state index contributed by atoms with van der Waals surface area (Å²) < 4.78 is 11.2. The molecule has 3 atom stereocenters. The zero-order chi connectivity index (χ0) is 21.2. The molecule has 0 spiro atoms. The quantitative estimate of drug-likeness (QED) is 0.705. The molecule has 1 aromatic carbocycles. The van der Waals surface area contributed by atoms with Crippen LogP contribution in [0.15, 0.2) is 21.3 Å². The van der Waals surface area contributed by atoms with E-state index in [0.717, 1.165) is 10.9 Å². The first-order valence-electron chi connectivity index (χ1n) is 9.31. The largest absolute Gasteiger partial charge is 0.480 e. The van der Waals surface area contributed by atoms with Crippen LogP contribution in [0.1, 0.15) is 43.9 Å². The van der Waals surface area contributed by atoms with E-state index in [-0.39, 0.29) is 5.92 Å². The Kier molecular flexibility index (Phi) is 6.48. The summed E-state index contributed by atoms with van der Waals surface area (Å²) in [6, 6.07) is 2.52. The van der Waals surface area contributed by atoms with Crippen LogP contribution in [0.25, 0.3) is 11.0 Å². The van der Waals surface area contributed by atoms with E-state index in [2.05, 4.69) is 5.32 Å². The average Bonchev–Trinajstić information content (AvgIpc) is 2.65. The molecule has 1 heterocycles. The van der Waals surface area contributed by atoms with Gasteiger partial charge in [0, 0.05) is 16.5 Å². The molecule has 1 aromatic heterocycles. The third-order valence-electron chi connectivity index (χ3n) is 5.27. The molecule has 2 rings (SSSR count). The minimum atomic E-state index is -1.08. The number of hydrogen-bond acceptors (Lipinski definition) is 5. The van der Waals surface area contributed by atoms with Crippen molar-refractivity contribution in [3.05, 3.63) is 39.2 Å². The number of aryl methyl sites for hydroxylation is 2. The molecule has 28 heavy (non-hydrogen) atoms. The first-order chi connectivity index (χ1) is 13.1. The van der Waals surface area contributed by atoms with Gasteiger partial charge in [-0.2, -0.15) is 0 Å². The summed E-state index contributed by atoms with van der Waals surface area (Å²) in [5.41, 5.74) is 2.01. The standard InChI is InChI=1S/C21H27NO6/c1-7-10(2)17(20(24)25)22-19(23)14(6)27-16-9-8-15-11(3)12(4)21(26)28-18(15)13(16)5/h8-10,14,17H,7H2,1-6H3,(H,22,23)(H,24,25)/t10-,14-,17+/m1/s1. The summed E-state index contributed by atoms with van der Waals surface area (Å²) in [7, 11) is 0. The molecule has 0 aliphatic heterocycles. The fourth-order valence-electron chi connectivity index (χ4n) is 2.95. The second-order valence-corrected chi connectivity index (χ2v) is 7.18. The van der Waals surface area contributed by atoms with E-state index in [1.807, 2.05) is 13.8 Å². The molecular weight excluding hydrogens is 362 g/mol. The van der Waals surface area contributed by atoms with Gasteiger partial charge in [0.2, 0.25) is 0 Å². The number of carboxylic acids is 1. The Labute approximate surface area is 163 Å². The van der Waals surface area contributed by atoms with Crippen molar-refractivity contribution in [2.24, 2.45) is 5.92 Å². The van der Waals surface area contributed by atoms with Crippen LogP contribution < -0.4 is 15.7 Å². The van der Waals surface area contributed by atoms with E-state index >= 15 is 0 Å². The van der Waals surface area contributed by atoms with Crippen LogP contribution >= 0.6 is 0 Å². The van der Waals surface area contributed by atoms with E-state index in [0.29, 0.717) is 28.9 Å². The first-order valence-corrected chi connectivity index (χ1v) is 9.31. The van der Waals surface area contributed by atoms with Gasteiger partial charge in [-0.3, -0.25) is 4.79 Å². The number of hydrogen-bond donors (Lipinski definition) is 2. The van der Waals surface area contributed by atoms with Gasteiger partial charge < -0.3 is 19.6 Å². The number of benzene rings is 1. The van der Waals surface area contributed by atoms with Crippen LogP contribution in [0, 0.1) is 26.7 Å². The highest BCUT2D eigenvalue weighted by Crippen LogP contribution is 2.29. The van der Waals surface area contributed by atoms with Gasteiger partial charge in [0.1, 0.15) is 17.4 Å². The molecule has 0 unspecified atom stereocenters. The summed E-state index contributed by atoms with van der Waals surface area (Å²) in [5.74, 6) is -1.41. The topological polar surface area (TPSA) is 106 Å². The van der Waals surface area contributed by atoms with Gasteiger partial charge in [0.25, 0.3) is 5.91 Å². The number of carboxylic acid groups (broad SMARTS) is 1. The molecule has 0 aliphatic rings. The van der Waals surface area contributed by atoms with E-state index in [1.54, 1.807) is 39.8 Å². The van der Waals surface area contributed by atoms with Crippen molar-refractivity contribution in [3.63, 3.8) is 0 Å². The van der Waals surface area contributed by atoms with Crippen molar-refractivity contribution in [1.29, 1.82) is 0 Å². The van der Waals surface area contributed by atoms with Crippen LogP contribution in [0.2, 0.25) is 0 Å². The summed E-state index contributed by atoms with van der Waals surface area (Å²) >= 11 is 0. The van der Waals surface area contributed by atoms with Crippen LogP contribution in [0.4, 0.5) is 0 Å². The lowest BCUT2D eigenvalue weighted by Gasteiger charge is -2.23. The molecule has 0 saturated carbocycles. The normalized spacial score (nSPS) is 14.4. The predicted molar refractivity (Wildman–Crippen MR) is 106 cm³/mol. The average molecular weight is 389 g/mol. The Morgan fingerprint density at radius 1 is 1.14 bits per heavy atom. The Morgan fingerprint density at radius 2 is 1.79 bits per heavy atom. The van der Waals surface area contributed by atoms with Gasteiger partial charge in [0.05, 0.1) is 0 Å². The first kappa shape index (κ1) is 21.5. The van der Waals surface area contributed by atoms with Gasteiger partial charge in [-0.1, -0.05) is 20.3 Å². The van der Waals surface area contributed by atoms with E-state index in [4.69, 9.17) is 9.15 Å². The van der Waals surface area contributed by atoms with Crippen LogP contribution in [0.3, 0.4) is 0 Å². The van der Waals surface area contributed by atoms with Crippen molar-refractivity contribution >= 4 is 22.8 Å². The number of amides is 1. The second-order valence-electron chi connectivity index (χ2n) is 7.18. The molecule has 7 nitrogen and oxygen atoms in total. The van der Waals surface area contributed by atoms with E-state index in [9.17, 15) is 19.5 Å². The molecule has 7 heteroatoms. The number of fused-ring (bicyclic) bond motifs is 1. The number of rotatable bonds is 7. The minimum absolute atomic E-state index is 0.212. The van der Waals surface area contributed by atoms with Crippen LogP contribution in [-0.4, -0.2) is 29.1 Å². The number of carbonyl (C=O) groups is 2. The third kappa shape index (κ3) is 4.18. The lowest BCUT2D eigenvalue weighted by molar-refractivity contribution is -0.144. The van der Waals surface area contributed by atoms with Crippen molar-refractivity contribution in [1.82, 2.24) is 5.32 Å². The molecule has 2 N–H and O–H groups in total. The van der Waals surface area contributed by atoms with Gasteiger partial charge >= 0.3 is 11.6 Å². The predicted octanol–water partition coefficient (Wildman–Crippen LogP) is 3.10. The fourth-order valence-corrected chi connectivity index (χ4v) is 2.95. The lowest BCUT2D eigenvalue weighted by Crippen LogP contribution is -2.49. The molecule has 0 bridgehead atoms. The van der Waals surface area contributed by atoms with Crippen LogP contribution in [0.5, 0.6) is 5.75 Å². The van der Waals surface area contributed by atoms with E-state index in [1.165, 1.54) is 0 Å².